The highest BCUT2D eigenvalue weighted by Gasteiger charge is 2.20. The molecule has 0 aliphatic heterocycles. The van der Waals surface area contributed by atoms with E-state index in [0.29, 0.717) is 4.48 Å². The average Bonchev–Trinajstić information content (AvgIpc) is 2.42. The van der Waals surface area contributed by atoms with Gasteiger partial charge in [0, 0.05) is 5.56 Å². The molecule has 0 amide bonds. The Morgan fingerprint density at radius 3 is 2.85 bits per heavy atom. The minimum atomic E-state index is 0.0395. The van der Waals surface area contributed by atoms with Crippen molar-refractivity contribution in [3.05, 3.63) is 33.8 Å². The van der Waals surface area contributed by atoms with Crippen LogP contribution in [0, 0.1) is 0 Å². The minimum absolute atomic E-state index is 0.0395. The summed E-state index contributed by atoms with van der Waals surface area (Å²) in [5, 5.41) is 0. The topological polar surface area (TPSA) is 26.3 Å². The quantitative estimate of drug-likeness (QED) is 0.752. The van der Waals surface area contributed by atoms with Crippen molar-refractivity contribution in [1.29, 1.82) is 0 Å². The van der Waals surface area contributed by atoms with E-state index in [1.54, 1.807) is 25.3 Å². The van der Waals surface area contributed by atoms with Crippen molar-refractivity contribution in [2.45, 2.75) is 0 Å². The summed E-state index contributed by atoms with van der Waals surface area (Å²) in [6, 6.07) is 5.42. The van der Waals surface area contributed by atoms with Gasteiger partial charge in [0.25, 0.3) is 0 Å². The molecule has 0 spiro atoms. The van der Waals surface area contributed by atoms with Crippen molar-refractivity contribution in [1.82, 2.24) is 0 Å². The minimum Gasteiger partial charge on any atom is -0.497 e. The first kappa shape index (κ1) is 8.51. The fourth-order valence-corrected chi connectivity index (χ4v) is 1.78. The van der Waals surface area contributed by atoms with E-state index in [4.69, 9.17) is 4.74 Å². The van der Waals surface area contributed by atoms with E-state index in [2.05, 4.69) is 15.9 Å². The second-order valence-electron chi connectivity index (χ2n) is 2.77. The lowest BCUT2D eigenvalue weighted by atomic mass is 10.1. The number of methoxy groups -OCH3 is 1. The Balaban J connectivity index is 2.55. The molecule has 0 bridgehead atoms. The van der Waals surface area contributed by atoms with E-state index >= 15 is 0 Å². The third-order valence-corrected chi connectivity index (χ3v) is 2.59. The van der Waals surface area contributed by atoms with Gasteiger partial charge in [0.15, 0.2) is 0 Å². The molecular weight excluding hydrogens is 232 g/mol. The molecule has 13 heavy (non-hydrogen) atoms. The van der Waals surface area contributed by atoms with Crippen LogP contribution in [-0.2, 0) is 0 Å². The number of rotatable bonds is 1. The predicted octanol–water partition coefficient (Wildman–Crippen LogP) is 2.63. The van der Waals surface area contributed by atoms with Crippen LogP contribution in [0.1, 0.15) is 15.9 Å². The Hall–Kier alpha value is -1.09. The molecule has 1 aromatic carbocycles. The van der Waals surface area contributed by atoms with E-state index in [0.717, 1.165) is 16.9 Å². The Bertz CT molecular complexity index is 407. The first-order valence-corrected chi connectivity index (χ1v) is 4.61. The highest BCUT2D eigenvalue weighted by atomic mass is 79.9. The summed E-state index contributed by atoms with van der Waals surface area (Å²) in [6.07, 6.45) is 1.81. The number of carbonyl (C=O) groups is 1. The molecular formula is C10H7BrO2. The SMILES string of the molecule is COc1ccc2c(c1)C=C(Br)C2=O. The molecule has 0 heterocycles. The lowest BCUT2D eigenvalue weighted by molar-refractivity contribution is 0.104. The number of carbonyl (C=O) groups excluding carboxylic acids is 1. The van der Waals surface area contributed by atoms with Crippen molar-refractivity contribution in [3.8, 4) is 5.75 Å². The second kappa shape index (κ2) is 3.00. The number of fused-ring (bicyclic) bond motifs is 1. The molecule has 66 valence electrons. The number of benzene rings is 1. The number of Topliss-reactive ketones (excluding diaryl/α,β-unsaturated/α-hetero) is 1. The van der Waals surface area contributed by atoms with Gasteiger partial charge in [-0.3, -0.25) is 4.79 Å². The molecule has 0 radical (unpaired) electrons. The van der Waals surface area contributed by atoms with Gasteiger partial charge in [-0.25, -0.2) is 0 Å². The summed E-state index contributed by atoms with van der Waals surface area (Å²) in [4.78, 5) is 11.4. The summed E-state index contributed by atoms with van der Waals surface area (Å²) >= 11 is 3.20. The zero-order valence-corrected chi connectivity index (χ0v) is 8.59. The van der Waals surface area contributed by atoms with E-state index in [1.165, 1.54) is 0 Å². The molecule has 3 heteroatoms. The normalized spacial score (nSPS) is 14.0. The van der Waals surface area contributed by atoms with Gasteiger partial charge in [-0.1, -0.05) is 0 Å². The molecule has 0 unspecified atom stereocenters. The van der Waals surface area contributed by atoms with E-state index < -0.39 is 0 Å². The highest BCUT2D eigenvalue weighted by molar-refractivity contribution is 9.12. The van der Waals surface area contributed by atoms with Crippen molar-refractivity contribution in [2.24, 2.45) is 0 Å². The molecule has 1 aliphatic carbocycles. The Kier molecular flexibility index (Phi) is 1.96. The number of ketones is 1. The van der Waals surface area contributed by atoms with Crippen LogP contribution in [0.15, 0.2) is 22.7 Å². The van der Waals surface area contributed by atoms with Gasteiger partial charge in [0.1, 0.15) is 5.75 Å². The van der Waals surface area contributed by atoms with Gasteiger partial charge < -0.3 is 4.74 Å². The lowest BCUT2D eigenvalue weighted by Gasteiger charge is -2.01. The largest absolute Gasteiger partial charge is 0.497 e. The molecule has 1 aromatic rings. The fourth-order valence-electron chi connectivity index (χ4n) is 1.32. The van der Waals surface area contributed by atoms with E-state index in [1.807, 2.05) is 6.07 Å². The summed E-state index contributed by atoms with van der Waals surface area (Å²) in [7, 11) is 1.61. The average molecular weight is 239 g/mol. The summed E-state index contributed by atoms with van der Waals surface area (Å²) in [6.45, 7) is 0. The highest BCUT2D eigenvalue weighted by Crippen LogP contribution is 2.30. The van der Waals surface area contributed by atoms with Crippen LogP contribution < -0.4 is 4.74 Å². The van der Waals surface area contributed by atoms with Gasteiger partial charge in [-0.15, -0.1) is 0 Å². The van der Waals surface area contributed by atoms with Crippen molar-refractivity contribution in [2.75, 3.05) is 7.11 Å². The van der Waals surface area contributed by atoms with E-state index in [9.17, 15) is 4.79 Å². The molecule has 2 nitrogen and oxygen atoms in total. The maximum absolute atomic E-state index is 11.4. The monoisotopic (exact) mass is 238 g/mol. The van der Waals surface area contributed by atoms with Crippen molar-refractivity contribution >= 4 is 27.8 Å². The van der Waals surface area contributed by atoms with Crippen molar-refractivity contribution in [3.63, 3.8) is 0 Å². The predicted molar refractivity (Wildman–Crippen MR) is 54.2 cm³/mol. The van der Waals surface area contributed by atoms with Crippen LogP contribution in [0.25, 0.3) is 6.08 Å². The fraction of sp³-hybridized carbons (Fsp3) is 0.100. The second-order valence-corrected chi connectivity index (χ2v) is 3.63. The first-order chi connectivity index (χ1) is 6.22. The molecule has 0 fully saturated rings. The Labute approximate surface area is 84.3 Å². The third kappa shape index (κ3) is 1.29. The number of hydrogen-bond donors (Lipinski definition) is 0. The molecule has 0 aromatic heterocycles. The van der Waals surface area contributed by atoms with Gasteiger partial charge in [0.2, 0.25) is 5.78 Å². The molecule has 2 rings (SSSR count). The smallest absolute Gasteiger partial charge is 0.200 e. The zero-order chi connectivity index (χ0) is 9.42. The number of halogens is 1. The summed E-state index contributed by atoms with van der Waals surface area (Å²) in [5.74, 6) is 0.808. The van der Waals surface area contributed by atoms with Gasteiger partial charge in [-0.05, 0) is 45.8 Å². The van der Waals surface area contributed by atoms with Gasteiger partial charge in [-0.2, -0.15) is 0 Å². The third-order valence-electron chi connectivity index (χ3n) is 2.00. The van der Waals surface area contributed by atoms with Crippen LogP contribution in [-0.4, -0.2) is 12.9 Å². The molecule has 0 atom stereocenters. The molecule has 0 saturated carbocycles. The van der Waals surface area contributed by atoms with Gasteiger partial charge in [0.05, 0.1) is 11.6 Å². The number of allylic oxidation sites excluding steroid dienone is 1. The van der Waals surface area contributed by atoms with Crippen LogP contribution in [0.4, 0.5) is 0 Å². The maximum Gasteiger partial charge on any atom is 0.200 e. The zero-order valence-electron chi connectivity index (χ0n) is 7.00. The van der Waals surface area contributed by atoms with Crippen LogP contribution in [0.3, 0.4) is 0 Å². The summed E-state index contributed by atoms with van der Waals surface area (Å²) < 4.78 is 5.66. The summed E-state index contributed by atoms with van der Waals surface area (Å²) in [5.41, 5.74) is 1.64. The Morgan fingerprint density at radius 1 is 1.38 bits per heavy atom. The maximum atomic E-state index is 11.4. The molecule has 0 saturated heterocycles. The van der Waals surface area contributed by atoms with Crippen LogP contribution in [0.2, 0.25) is 0 Å². The van der Waals surface area contributed by atoms with Crippen LogP contribution >= 0.6 is 15.9 Å². The number of hydrogen-bond acceptors (Lipinski definition) is 2. The van der Waals surface area contributed by atoms with Crippen molar-refractivity contribution < 1.29 is 9.53 Å². The van der Waals surface area contributed by atoms with Gasteiger partial charge >= 0.3 is 0 Å². The lowest BCUT2D eigenvalue weighted by Crippen LogP contribution is -1.94. The standard InChI is InChI=1S/C10H7BrO2/c1-13-7-2-3-8-6(4-7)5-9(11)10(8)12/h2-5H,1H3. The molecule has 0 N–H and O–H groups in total. The van der Waals surface area contributed by atoms with Crippen LogP contribution in [0.5, 0.6) is 5.75 Å². The molecule has 1 aliphatic rings. The Morgan fingerprint density at radius 2 is 2.15 bits per heavy atom. The first-order valence-electron chi connectivity index (χ1n) is 3.82. The van der Waals surface area contributed by atoms with E-state index in [-0.39, 0.29) is 5.78 Å². The number of ether oxygens (including phenoxy) is 1.